The van der Waals surface area contributed by atoms with E-state index in [0.717, 1.165) is 4.47 Å². The molecule has 1 aromatic rings. The van der Waals surface area contributed by atoms with Gasteiger partial charge in [0.15, 0.2) is 0 Å². The third-order valence-electron chi connectivity index (χ3n) is 1.14. The zero-order chi connectivity index (χ0) is 7.56. The van der Waals surface area contributed by atoms with E-state index in [1.165, 1.54) is 0 Å². The lowest BCUT2D eigenvalue weighted by atomic mass is 10.3. The van der Waals surface area contributed by atoms with Gasteiger partial charge in [-0.1, -0.05) is 0 Å². The summed E-state index contributed by atoms with van der Waals surface area (Å²) < 4.78 is 0.825. The van der Waals surface area contributed by atoms with Crippen LogP contribution in [0.15, 0.2) is 16.7 Å². The number of nitrogens with two attached hydrogens (primary N) is 1. The summed E-state index contributed by atoms with van der Waals surface area (Å²) >= 11 is 3.21. The first-order chi connectivity index (χ1) is 4.74. The SMILES string of the molecule is Br.Br.Nc1ncc(Br)cc1CO. The predicted molar refractivity (Wildman–Crippen MR) is 62.9 cm³/mol. The Morgan fingerprint density at radius 1 is 1.50 bits per heavy atom. The first kappa shape index (κ1) is 14.9. The number of nitrogen functional groups attached to an aromatic ring is 1. The number of rotatable bonds is 1. The van der Waals surface area contributed by atoms with Crippen LogP contribution in [0.25, 0.3) is 0 Å². The Labute approximate surface area is 100 Å². The standard InChI is InChI=1S/C6H7BrN2O.2BrH/c7-5-1-4(3-10)6(8)9-2-5;;/h1-2,10H,3H2,(H2,8,9);2*1H. The van der Waals surface area contributed by atoms with E-state index in [0.29, 0.717) is 11.4 Å². The molecular formula is C6H9Br3N2O. The molecule has 0 aliphatic rings. The molecule has 70 valence electrons. The van der Waals surface area contributed by atoms with Crippen LogP contribution in [-0.4, -0.2) is 10.1 Å². The maximum atomic E-state index is 8.70. The van der Waals surface area contributed by atoms with Crippen molar-refractivity contribution in [2.75, 3.05) is 5.73 Å². The van der Waals surface area contributed by atoms with E-state index in [2.05, 4.69) is 20.9 Å². The molecule has 1 rings (SSSR count). The van der Waals surface area contributed by atoms with Crippen LogP contribution in [0.5, 0.6) is 0 Å². The van der Waals surface area contributed by atoms with Gasteiger partial charge in [0.1, 0.15) is 5.82 Å². The number of anilines is 1. The number of hydrogen-bond donors (Lipinski definition) is 2. The van der Waals surface area contributed by atoms with Gasteiger partial charge in [-0.25, -0.2) is 4.98 Å². The average molecular weight is 365 g/mol. The zero-order valence-electron chi connectivity index (χ0n) is 6.03. The summed E-state index contributed by atoms with van der Waals surface area (Å²) in [6, 6.07) is 1.74. The minimum atomic E-state index is -0.0712. The topological polar surface area (TPSA) is 59.1 Å². The van der Waals surface area contributed by atoms with Gasteiger partial charge in [0.2, 0.25) is 0 Å². The van der Waals surface area contributed by atoms with Crippen LogP contribution in [0.3, 0.4) is 0 Å². The molecule has 3 nitrogen and oxygen atoms in total. The molecule has 1 heterocycles. The summed E-state index contributed by atoms with van der Waals surface area (Å²) in [6.07, 6.45) is 1.59. The smallest absolute Gasteiger partial charge is 0.128 e. The number of nitrogens with zero attached hydrogens (tertiary/aromatic N) is 1. The van der Waals surface area contributed by atoms with Crippen LogP contribution in [0.2, 0.25) is 0 Å². The molecule has 0 saturated heterocycles. The highest BCUT2D eigenvalue weighted by atomic mass is 79.9. The zero-order valence-corrected chi connectivity index (χ0v) is 11.0. The predicted octanol–water partition coefficient (Wildman–Crippen LogP) is 2.07. The van der Waals surface area contributed by atoms with E-state index in [-0.39, 0.29) is 40.6 Å². The number of pyridine rings is 1. The molecule has 0 radical (unpaired) electrons. The lowest BCUT2D eigenvalue weighted by Crippen LogP contribution is -1.96. The monoisotopic (exact) mass is 362 g/mol. The van der Waals surface area contributed by atoms with Crippen molar-refractivity contribution in [3.63, 3.8) is 0 Å². The van der Waals surface area contributed by atoms with E-state index in [1.807, 2.05) is 0 Å². The molecule has 0 aliphatic heterocycles. The summed E-state index contributed by atoms with van der Waals surface area (Å²) in [5, 5.41) is 8.70. The van der Waals surface area contributed by atoms with Crippen LogP contribution in [0.1, 0.15) is 5.56 Å². The van der Waals surface area contributed by atoms with Crippen molar-refractivity contribution in [2.45, 2.75) is 6.61 Å². The lowest BCUT2D eigenvalue weighted by molar-refractivity contribution is 0.282. The Hall–Kier alpha value is 0.350. The Bertz CT molecular complexity index is 244. The van der Waals surface area contributed by atoms with E-state index < -0.39 is 0 Å². The number of aliphatic hydroxyl groups is 1. The molecule has 0 aromatic carbocycles. The molecule has 3 N–H and O–H groups in total. The van der Waals surface area contributed by atoms with Gasteiger partial charge in [-0.15, -0.1) is 34.0 Å². The van der Waals surface area contributed by atoms with Crippen molar-refractivity contribution in [1.82, 2.24) is 4.98 Å². The molecule has 0 atom stereocenters. The third kappa shape index (κ3) is 3.84. The van der Waals surface area contributed by atoms with Crippen molar-refractivity contribution in [3.05, 3.63) is 22.3 Å². The highest BCUT2D eigenvalue weighted by molar-refractivity contribution is 9.10. The molecule has 0 spiro atoms. The van der Waals surface area contributed by atoms with Gasteiger partial charge in [0, 0.05) is 16.2 Å². The van der Waals surface area contributed by atoms with Crippen molar-refractivity contribution in [1.29, 1.82) is 0 Å². The summed E-state index contributed by atoms with van der Waals surface area (Å²) in [5.41, 5.74) is 6.06. The van der Waals surface area contributed by atoms with Crippen molar-refractivity contribution < 1.29 is 5.11 Å². The van der Waals surface area contributed by atoms with Gasteiger partial charge in [0.05, 0.1) is 6.61 Å². The molecule has 0 fully saturated rings. The van der Waals surface area contributed by atoms with E-state index in [9.17, 15) is 0 Å². The molecule has 0 saturated carbocycles. The van der Waals surface area contributed by atoms with Crippen molar-refractivity contribution in [2.24, 2.45) is 0 Å². The van der Waals surface area contributed by atoms with Gasteiger partial charge >= 0.3 is 0 Å². The van der Waals surface area contributed by atoms with E-state index in [1.54, 1.807) is 12.3 Å². The second-order valence-electron chi connectivity index (χ2n) is 1.86. The van der Waals surface area contributed by atoms with Gasteiger partial charge in [-0.2, -0.15) is 0 Å². The molecule has 6 heteroatoms. The number of halogens is 3. The molecule has 0 aliphatic carbocycles. The molecule has 0 amide bonds. The molecule has 0 bridgehead atoms. The molecular weight excluding hydrogens is 356 g/mol. The fourth-order valence-corrected chi connectivity index (χ4v) is 0.997. The first-order valence-electron chi connectivity index (χ1n) is 2.75. The Kier molecular flexibility index (Phi) is 8.44. The second-order valence-corrected chi connectivity index (χ2v) is 2.77. The maximum absolute atomic E-state index is 8.70. The fourth-order valence-electron chi connectivity index (χ4n) is 0.618. The maximum Gasteiger partial charge on any atom is 0.128 e. The van der Waals surface area contributed by atoms with Crippen LogP contribution in [-0.2, 0) is 6.61 Å². The van der Waals surface area contributed by atoms with Crippen LogP contribution >= 0.6 is 49.9 Å². The van der Waals surface area contributed by atoms with Gasteiger partial charge in [0.25, 0.3) is 0 Å². The highest BCUT2D eigenvalue weighted by Gasteiger charge is 1.97. The van der Waals surface area contributed by atoms with Crippen LogP contribution in [0.4, 0.5) is 5.82 Å². The van der Waals surface area contributed by atoms with Gasteiger partial charge in [-0.05, 0) is 22.0 Å². The third-order valence-corrected chi connectivity index (χ3v) is 1.57. The van der Waals surface area contributed by atoms with E-state index in [4.69, 9.17) is 10.8 Å². The number of hydrogen-bond acceptors (Lipinski definition) is 3. The van der Waals surface area contributed by atoms with Crippen LogP contribution < -0.4 is 5.73 Å². The molecule has 12 heavy (non-hydrogen) atoms. The van der Waals surface area contributed by atoms with Crippen molar-refractivity contribution in [3.8, 4) is 0 Å². The molecule has 1 aromatic heterocycles. The van der Waals surface area contributed by atoms with E-state index >= 15 is 0 Å². The molecule has 0 unspecified atom stereocenters. The van der Waals surface area contributed by atoms with Crippen molar-refractivity contribution >= 4 is 55.7 Å². The lowest BCUT2D eigenvalue weighted by Gasteiger charge is -1.99. The number of aromatic nitrogens is 1. The Morgan fingerprint density at radius 2 is 2.08 bits per heavy atom. The van der Waals surface area contributed by atoms with Crippen LogP contribution in [0, 0.1) is 0 Å². The second kappa shape index (κ2) is 6.82. The first-order valence-corrected chi connectivity index (χ1v) is 3.54. The Balaban J connectivity index is 0. The summed E-state index contributed by atoms with van der Waals surface area (Å²) in [6.45, 7) is -0.0712. The largest absolute Gasteiger partial charge is 0.392 e. The Morgan fingerprint density at radius 3 is 2.50 bits per heavy atom. The highest BCUT2D eigenvalue weighted by Crippen LogP contribution is 2.14. The fraction of sp³-hybridized carbons (Fsp3) is 0.167. The summed E-state index contributed by atoms with van der Waals surface area (Å²) in [5.74, 6) is 0.380. The van der Waals surface area contributed by atoms with Gasteiger partial charge in [-0.3, -0.25) is 0 Å². The minimum Gasteiger partial charge on any atom is -0.392 e. The summed E-state index contributed by atoms with van der Waals surface area (Å²) in [7, 11) is 0. The van der Waals surface area contributed by atoms with Gasteiger partial charge < -0.3 is 10.8 Å². The number of aliphatic hydroxyl groups excluding tert-OH is 1. The quantitative estimate of drug-likeness (QED) is 0.802. The average Bonchev–Trinajstić information content (AvgIpc) is 1.94. The minimum absolute atomic E-state index is 0. The summed E-state index contributed by atoms with van der Waals surface area (Å²) in [4.78, 5) is 3.82. The normalized spacial score (nSPS) is 8.17.